The van der Waals surface area contributed by atoms with Crippen LogP contribution >= 0.6 is 0 Å². The van der Waals surface area contributed by atoms with Crippen LogP contribution in [0, 0.1) is 0 Å². The molecule has 0 aliphatic rings. The summed E-state index contributed by atoms with van der Waals surface area (Å²) in [5.74, 6) is -0.938. The molecule has 5 heteroatoms. The maximum atomic E-state index is 11.2. The first-order chi connectivity index (χ1) is 9.13. The molecule has 1 aromatic heterocycles. The largest absolute Gasteiger partial charge is 0.478 e. The molecule has 1 N–H and O–H groups in total. The van der Waals surface area contributed by atoms with Gasteiger partial charge in [-0.05, 0) is 19.1 Å². The zero-order chi connectivity index (χ0) is 13.8. The number of carboxylic acid groups (broad SMARTS) is 1. The summed E-state index contributed by atoms with van der Waals surface area (Å²) in [5, 5.41) is 13.2. The summed E-state index contributed by atoms with van der Waals surface area (Å²) in [6.45, 7) is 3.37. The smallest absolute Gasteiger partial charge is 0.339 e. The Morgan fingerprint density at radius 3 is 2.63 bits per heavy atom. The van der Waals surface area contributed by atoms with Crippen LogP contribution in [0.5, 0.6) is 0 Å². The van der Waals surface area contributed by atoms with Gasteiger partial charge in [0.2, 0.25) is 0 Å². The highest BCUT2D eigenvalue weighted by molar-refractivity contribution is 5.88. The van der Waals surface area contributed by atoms with Crippen molar-refractivity contribution in [1.82, 2.24) is 9.78 Å². The third-order valence-electron chi connectivity index (χ3n) is 3.14. The number of hydrogen-bond donors (Lipinski definition) is 1. The van der Waals surface area contributed by atoms with Crippen molar-refractivity contribution in [2.24, 2.45) is 7.05 Å². The fourth-order valence-corrected chi connectivity index (χ4v) is 2.03. The molecule has 0 spiro atoms. The van der Waals surface area contributed by atoms with Crippen LogP contribution in [0.3, 0.4) is 0 Å². The van der Waals surface area contributed by atoms with Gasteiger partial charge in [0.05, 0.1) is 18.4 Å². The van der Waals surface area contributed by atoms with Crippen molar-refractivity contribution in [3.8, 4) is 0 Å². The molecule has 0 fully saturated rings. The molecular weight excluding hydrogens is 242 g/mol. The Balaban J connectivity index is 2.29. The van der Waals surface area contributed by atoms with Crippen molar-refractivity contribution in [2.75, 3.05) is 11.4 Å². The number of nitrogens with zero attached hydrogens (tertiary/aromatic N) is 3. The minimum absolute atomic E-state index is 0.261. The Bertz CT molecular complexity index is 563. The zero-order valence-electron chi connectivity index (χ0n) is 11.1. The summed E-state index contributed by atoms with van der Waals surface area (Å²) < 4.78 is 1.62. The van der Waals surface area contributed by atoms with Gasteiger partial charge in [-0.2, -0.15) is 5.10 Å². The third kappa shape index (κ3) is 2.76. The average Bonchev–Trinajstić information content (AvgIpc) is 2.78. The average molecular weight is 259 g/mol. The number of aryl methyl sites for hydroxylation is 1. The summed E-state index contributed by atoms with van der Waals surface area (Å²) >= 11 is 0. The van der Waals surface area contributed by atoms with E-state index in [0.717, 1.165) is 12.2 Å². The molecule has 0 radical (unpaired) electrons. The van der Waals surface area contributed by atoms with Crippen LogP contribution < -0.4 is 4.90 Å². The summed E-state index contributed by atoms with van der Waals surface area (Å²) in [5.41, 5.74) is 2.04. The second kappa shape index (κ2) is 5.56. The Hall–Kier alpha value is -2.30. The van der Waals surface area contributed by atoms with Crippen LogP contribution in [-0.4, -0.2) is 27.4 Å². The molecule has 0 saturated heterocycles. The molecule has 100 valence electrons. The number of aromatic carboxylic acids is 1. The van der Waals surface area contributed by atoms with Crippen LogP contribution in [0.15, 0.2) is 36.5 Å². The first kappa shape index (κ1) is 13.1. The van der Waals surface area contributed by atoms with Crippen molar-refractivity contribution in [3.63, 3.8) is 0 Å². The van der Waals surface area contributed by atoms with Crippen LogP contribution in [-0.2, 0) is 13.6 Å². The second-order valence-electron chi connectivity index (χ2n) is 4.28. The predicted octanol–water partition coefficient (Wildman–Crippen LogP) is 2.14. The van der Waals surface area contributed by atoms with Gasteiger partial charge in [-0.25, -0.2) is 4.79 Å². The van der Waals surface area contributed by atoms with E-state index in [1.165, 1.54) is 6.20 Å². The van der Waals surface area contributed by atoms with Gasteiger partial charge in [0.15, 0.2) is 0 Å². The van der Waals surface area contributed by atoms with Crippen LogP contribution in [0.25, 0.3) is 0 Å². The Morgan fingerprint density at radius 1 is 1.37 bits per heavy atom. The van der Waals surface area contributed by atoms with Gasteiger partial charge in [-0.1, -0.05) is 18.2 Å². The van der Waals surface area contributed by atoms with Crippen molar-refractivity contribution in [3.05, 3.63) is 47.8 Å². The first-order valence-corrected chi connectivity index (χ1v) is 6.17. The molecule has 1 heterocycles. The van der Waals surface area contributed by atoms with Crippen molar-refractivity contribution in [2.45, 2.75) is 13.5 Å². The summed E-state index contributed by atoms with van der Waals surface area (Å²) in [6, 6.07) is 9.93. The maximum absolute atomic E-state index is 11.2. The van der Waals surface area contributed by atoms with Gasteiger partial charge >= 0.3 is 5.97 Å². The number of anilines is 1. The molecule has 0 bridgehead atoms. The number of rotatable bonds is 5. The summed E-state index contributed by atoms with van der Waals surface area (Å²) in [7, 11) is 1.76. The lowest BCUT2D eigenvalue weighted by Gasteiger charge is -2.23. The minimum Gasteiger partial charge on any atom is -0.478 e. The topological polar surface area (TPSA) is 58.4 Å². The molecule has 0 aliphatic carbocycles. The number of benzene rings is 1. The van der Waals surface area contributed by atoms with E-state index in [4.69, 9.17) is 5.11 Å². The fourth-order valence-electron chi connectivity index (χ4n) is 2.03. The van der Waals surface area contributed by atoms with Crippen molar-refractivity contribution in [1.29, 1.82) is 0 Å². The number of hydrogen-bond acceptors (Lipinski definition) is 3. The number of carbonyl (C=O) groups is 1. The van der Waals surface area contributed by atoms with Gasteiger partial charge in [-0.3, -0.25) is 4.68 Å². The van der Waals surface area contributed by atoms with E-state index in [2.05, 4.69) is 10.00 Å². The van der Waals surface area contributed by atoms with E-state index >= 15 is 0 Å². The van der Waals surface area contributed by atoms with E-state index < -0.39 is 5.97 Å². The fraction of sp³-hybridized carbons (Fsp3) is 0.286. The lowest BCUT2D eigenvalue weighted by molar-refractivity contribution is 0.0695. The molecule has 2 aromatic rings. The van der Waals surface area contributed by atoms with E-state index in [1.54, 1.807) is 11.7 Å². The second-order valence-corrected chi connectivity index (χ2v) is 4.28. The summed E-state index contributed by atoms with van der Waals surface area (Å²) in [6.07, 6.45) is 1.40. The van der Waals surface area contributed by atoms with E-state index in [1.807, 2.05) is 37.3 Å². The molecule has 0 amide bonds. The molecule has 2 rings (SSSR count). The SMILES string of the molecule is CCN(Cc1c(C(=O)O)cnn1C)c1ccccc1. The van der Waals surface area contributed by atoms with E-state index in [9.17, 15) is 4.79 Å². The molecular formula is C14H17N3O2. The first-order valence-electron chi connectivity index (χ1n) is 6.17. The van der Waals surface area contributed by atoms with Crippen molar-refractivity contribution < 1.29 is 9.90 Å². The number of para-hydroxylation sites is 1. The lowest BCUT2D eigenvalue weighted by Crippen LogP contribution is -2.24. The minimum atomic E-state index is -0.938. The van der Waals surface area contributed by atoms with Crippen LogP contribution in [0.1, 0.15) is 23.0 Å². The van der Waals surface area contributed by atoms with Crippen molar-refractivity contribution >= 4 is 11.7 Å². The highest BCUT2D eigenvalue weighted by Crippen LogP contribution is 2.18. The number of carboxylic acids is 1. The Kier molecular flexibility index (Phi) is 3.85. The summed E-state index contributed by atoms with van der Waals surface area (Å²) in [4.78, 5) is 13.3. The standard InChI is InChI=1S/C14H17N3O2/c1-3-17(11-7-5-4-6-8-11)10-13-12(14(18)19)9-15-16(13)2/h4-9H,3,10H2,1-2H3,(H,18,19). The van der Waals surface area contributed by atoms with Gasteiger partial charge < -0.3 is 10.0 Å². The van der Waals surface area contributed by atoms with Gasteiger partial charge in [0, 0.05) is 19.3 Å². The molecule has 0 aliphatic heterocycles. The van der Waals surface area contributed by atoms with E-state index in [0.29, 0.717) is 12.2 Å². The predicted molar refractivity (Wildman–Crippen MR) is 73.3 cm³/mol. The Labute approximate surface area is 112 Å². The third-order valence-corrected chi connectivity index (χ3v) is 3.14. The zero-order valence-corrected chi connectivity index (χ0v) is 11.1. The molecule has 0 atom stereocenters. The highest BCUT2D eigenvalue weighted by Gasteiger charge is 2.17. The molecule has 5 nitrogen and oxygen atoms in total. The molecule has 0 saturated carbocycles. The van der Waals surface area contributed by atoms with Gasteiger partial charge in [0.1, 0.15) is 5.56 Å². The van der Waals surface area contributed by atoms with Crippen LogP contribution in [0.2, 0.25) is 0 Å². The lowest BCUT2D eigenvalue weighted by atomic mass is 10.2. The maximum Gasteiger partial charge on any atom is 0.339 e. The quantitative estimate of drug-likeness (QED) is 0.893. The monoisotopic (exact) mass is 259 g/mol. The number of aromatic nitrogens is 2. The van der Waals surface area contributed by atoms with Gasteiger partial charge in [0.25, 0.3) is 0 Å². The van der Waals surface area contributed by atoms with E-state index in [-0.39, 0.29) is 5.56 Å². The van der Waals surface area contributed by atoms with Crippen LogP contribution in [0.4, 0.5) is 5.69 Å². The highest BCUT2D eigenvalue weighted by atomic mass is 16.4. The normalized spacial score (nSPS) is 10.4. The molecule has 0 unspecified atom stereocenters. The molecule has 1 aromatic carbocycles. The Morgan fingerprint density at radius 2 is 2.05 bits per heavy atom. The van der Waals surface area contributed by atoms with Gasteiger partial charge in [-0.15, -0.1) is 0 Å². The molecule has 19 heavy (non-hydrogen) atoms.